The first-order chi connectivity index (χ1) is 9.41. The van der Waals surface area contributed by atoms with Crippen molar-refractivity contribution in [2.75, 3.05) is 6.61 Å². The van der Waals surface area contributed by atoms with Crippen LogP contribution in [0.3, 0.4) is 0 Å². The fourth-order valence-corrected chi connectivity index (χ4v) is 2.41. The first-order valence-corrected chi connectivity index (χ1v) is 6.46. The number of halogens is 2. The quantitative estimate of drug-likeness (QED) is 0.682. The fourth-order valence-electron chi connectivity index (χ4n) is 2.41. The summed E-state index contributed by atoms with van der Waals surface area (Å²) in [6, 6.07) is 1.28. The molecule has 5 nitrogen and oxygen atoms in total. The summed E-state index contributed by atoms with van der Waals surface area (Å²) in [5.41, 5.74) is 4.88. The number of nitrogens with zero attached hydrogens (tertiary/aromatic N) is 1. The van der Waals surface area contributed by atoms with Crippen molar-refractivity contribution in [2.24, 2.45) is 5.73 Å². The molecule has 110 valence electrons. The van der Waals surface area contributed by atoms with Crippen LogP contribution in [0.4, 0.5) is 14.5 Å². The summed E-state index contributed by atoms with van der Waals surface area (Å²) >= 11 is 0. The number of hydrogen-bond acceptors (Lipinski definition) is 4. The third-order valence-electron chi connectivity index (χ3n) is 3.55. The van der Waals surface area contributed by atoms with Crippen LogP contribution in [0.5, 0.6) is 5.75 Å². The van der Waals surface area contributed by atoms with Gasteiger partial charge < -0.3 is 10.5 Å². The Kier molecular flexibility index (Phi) is 4.17. The van der Waals surface area contributed by atoms with Gasteiger partial charge in [0, 0.05) is 0 Å². The minimum atomic E-state index is -1.09. The SMILES string of the molecule is NC1(COc2c(F)cc([N+](=O)[O-])cc2F)CCCCC1. The zero-order chi connectivity index (χ0) is 14.8. The molecule has 1 saturated carbocycles. The van der Waals surface area contributed by atoms with Gasteiger partial charge in [0.15, 0.2) is 17.4 Å². The van der Waals surface area contributed by atoms with Crippen molar-refractivity contribution in [2.45, 2.75) is 37.6 Å². The number of nitro groups is 1. The highest BCUT2D eigenvalue weighted by Crippen LogP contribution is 2.30. The highest BCUT2D eigenvalue weighted by atomic mass is 19.1. The van der Waals surface area contributed by atoms with Crippen LogP contribution < -0.4 is 10.5 Å². The molecule has 2 rings (SSSR count). The third kappa shape index (κ3) is 3.22. The van der Waals surface area contributed by atoms with Gasteiger partial charge in [0.05, 0.1) is 22.6 Å². The van der Waals surface area contributed by atoms with Gasteiger partial charge in [0.25, 0.3) is 5.69 Å². The van der Waals surface area contributed by atoms with Crippen molar-refractivity contribution in [1.82, 2.24) is 0 Å². The van der Waals surface area contributed by atoms with Crippen molar-refractivity contribution in [3.05, 3.63) is 33.9 Å². The van der Waals surface area contributed by atoms with E-state index in [4.69, 9.17) is 10.5 Å². The Morgan fingerprint density at radius 2 is 1.80 bits per heavy atom. The van der Waals surface area contributed by atoms with Crippen molar-refractivity contribution < 1.29 is 18.4 Å². The van der Waals surface area contributed by atoms with E-state index in [2.05, 4.69) is 0 Å². The lowest BCUT2D eigenvalue weighted by Gasteiger charge is -2.33. The molecule has 1 aromatic carbocycles. The lowest BCUT2D eigenvalue weighted by atomic mass is 9.83. The van der Waals surface area contributed by atoms with Crippen molar-refractivity contribution >= 4 is 5.69 Å². The second kappa shape index (κ2) is 5.70. The maximum absolute atomic E-state index is 13.6. The Morgan fingerprint density at radius 1 is 1.25 bits per heavy atom. The predicted octanol–water partition coefficient (Wildman–Crippen LogP) is 2.91. The van der Waals surface area contributed by atoms with E-state index in [1.54, 1.807) is 0 Å². The molecule has 1 aromatic rings. The minimum absolute atomic E-state index is 0.00134. The highest BCUT2D eigenvalue weighted by molar-refractivity contribution is 5.39. The maximum Gasteiger partial charge on any atom is 0.275 e. The zero-order valence-corrected chi connectivity index (χ0v) is 10.9. The Labute approximate surface area is 114 Å². The van der Waals surface area contributed by atoms with Gasteiger partial charge in [-0.05, 0) is 12.8 Å². The Bertz CT molecular complexity index is 493. The van der Waals surface area contributed by atoms with Crippen LogP contribution in [0.2, 0.25) is 0 Å². The van der Waals surface area contributed by atoms with Gasteiger partial charge >= 0.3 is 0 Å². The van der Waals surface area contributed by atoms with E-state index in [9.17, 15) is 18.9 Å². The molecule has 0 unspecified atom stereocenters. The molecule has 0 bridgehead atoms. The molecule has 1 fully saturated rings. The van der Waals surface area contributed by atoms with Gasteiger partial charge in [0.1, 0.15) is 6.61 Å². The van der Waals surface area contributed by atoms with Crippen LogP contribution in [0, 0.1) is 21.7 Å². The van der Waals surface area contributed by atoms with E-state index in [1.165, 1.54) is 0 Å². The number of benzene rings is 1. The van der Waals surface area contributed by atoms with E-state index in [0.29, 0.717) is 12.1 Å². The first kappa shape index (κ1) is 14.6. The lowest BCUT2D eigenvalue weighted by Crippen LogP contribution is -2.47. The summed E-state index contributed by atoms with van der Waals surface area (Å²) in [5.74, 6) is -2.78. The lowest BCUT2D eigenvalue weighted by molar-refractivity contribution is -0.385. The van der Waals surface area contributed by atoms with Crippen LogP contribution >= 0.6 is 0 Å². The summed E-state index contributed by atoms with van der Waals surface area (Å²) in [7, 11) is 0. The number of hydrogen-bond donors (Lipinski definition) is 1. The molecule has 0 aromatic heterocycles. The number of nitrogens with two attached hydrogens (primary N) is 1. The van der Waals surface area contributed by atoms with Crippen LogP contribution in [0.1, 0.15) is 32.1 Å². The summed E-state index contributed by atoms with van der Waals surface area (Å²) in [6.07, 6.45) is 4.50. The van der Waals surface area contributed by atoms with Gasteiger partial charge in [-0.15, -0.1) is 0 Å². The summed E-state index contributed by atoms with van der Waals surface area (Å²) in [6.45, 7) is -0.00134. The third-order valence-corrected chi connectivity index (χ3v) is 3.55. The molecule has 0 aliphatic heterocycles. The second-order valence-corrected chi connectivity index (χ2v) is 5.21. The molecular formula is C13H16F2N2O3. The number of rotatable bonds is 4. The van der Waals surface area contributed by atoms with Gasteiger partial charge in [-0.2, -0.15) is 0 Å². The predicted molar refractivity (Wildman–Crippen MR) is 68.5 cm³/mol. The van der Waals surface area contributed by atoms with Gasteiger partial charge in [-0.3, -0.25) is 10.1 Å². The smallest absolute Gasteiger partial charge is 0.275 e. The standard InChI is InChI=1S/C13H16F2N2O3/c14-10-6-9(17(18)19)7-11(15)12(10)20-8-13(16)4-2-1-3-5-13/h6-7H,1-5,8,16H2. The van der Waals surface area contributed by atoms with E-state index in [1.807, 2.05) is 0 Å². The first-order valence-electron chi connectivity index (χ1n) is 6.46. The molecule has 0 atom stereocenters. The molecule has 20 heavy (non-hydrogen) atoms. The van der Waals surface area contributed by atoms with E-state index in [0.717, 1.165) is 32.1 Å². The second-order valence-electron chi connectivity index (χ2n) is 5.21. The fraction of sp³-hybridized carbons (Fsp3) is 0.538. The number of nitro benzene ring substituents is 1. The molecule has 1 aliphatic carbocycles. The average molecular weight is 286 g/mol. The average Bonchev–Trinajstić information content (AvgIpc) is 2.38. The molecule has 7 heteroatoms. The summed E-state index contributed by atoms with van der Waals surface area (Å²) < 4.78 is 32.4. The molecule has 2 N–H and O–H groups in total. The minimum Gasteiger partial charge on any atom is -0.486 e. The zero-order valence-electron chi connectivity index (χ0n) is 10.9. The molecule has 0 radical (unpaired) electrons. The van der Waals surface area contributed by atoms with Crippen LogP contribution in [0.15, 0.2) is 12.1 Å². The molecule has 0 saturated heterocycles. The van der Waals surface area contributed by atoms with Gasteiger partial charge in [0.2, 0.25) is 0 Å². The molecule has 0 spiro atoms. The Hall–Kier alpha value is -1.76. The molecule has 1 aliphatic rings. The molecule has 0 heterocycles. The monoisotopic (exact) mass is 286 g/mol. The van der Waals surface area contributed by atoms with E-state index < -0.39 is 33.5 Å². The summed E-state index contributed by atoms with van der Waals surface area (Å²) in [5, 5.41) is 10.5. The van der Waals surface area contributed by atoms with Crippen LogP contribution in [-0.4, -0.2) is 17.1 Å². The van der Waals surface area contributed by atoms with Crippen molar-refractivity contribution in [1.29, 1.82) is 0 Å². The normalized spacial score (nSPS) is 17.8. The molecular weight excluding hydrogens is 270 g/mol. The summed E-state index contributed by atoms with van der Waals surface area (Å²) in [4.78, 5) is 9.62. The van der Waals surface area contributed by atoms with Crippen LogP contribution in [0.25, 0.3) is 0 Å². The van der Waals surface area contributed by atoms with Gasteiger partial charge in [-0.25, -0.2) is 8.78 Å². The highest BCUT2D eigenvalue weighted by Gasteiger charge is 2.29. The number of ether oxygens (including phenoxy) is 1. The molecule has 0 amide bonds. The van der Waals surface area contributed by atoms with Crippen molar-refractivity contribution in [3.8, 4) is 5.75 Å². The maximum atomic E-state index is 13.6. The Morgan fingerprint density at radius 3 is 2.30 bits per heavy atom. The number of non-ortho nitro benzene ring substituents is 1. The largest absolute Gasteiger partial charge is 0.486 e. The van der Waals surface area contributed by atoms with Gasteiger partial charge in [-0.1, -0.05) is 19.3 Å². The topological polar surface area (TPSA) is 78.4 Å². The van der Waals surface area contributed by atoms with E-state index in [-0.39, 0.29) is 6.61 Å². The Balaban J connectivity index is 2.11. The van der Waals surface area contributed by atoms with E-state index >= 15 is 0 Å². The van der Waals surface area contributed by atoms with Crippen molar-refractivity contribution in [3.63, 3.8) is 0 Å². The van der Waals surface area contributed by atoms with Crippen LogP contribution in [-0.2, 0) is 0 Å².